The van der Waals surface area contributed by atoms with E-state index in [1.807, 2.05) is 31.7 Å². The third-order valence-corrected chi connectivity index (χ3v) is 5.94. The summed E-state index contributed by atoms with van der Waals surface area (Å²) in [6, 6.07) is 2.00. The summed E-state index contributed by atoms with van der Waals surface area (Å²) in [6.07, 6.45) is 3.40. The molecule has 0 bridgehead atoms. The third kappa shape index (κ3) is 3.49. The number of thiazole rings is 1. The van der Waals surface area contributed by atoms with Crippen LogP contribution in [-0.4, -0.2) is 44.0 Å². The second-order valence-electron chi connectivity index (χ2n) is 6.97. The molecule has 1 aliphatic rings. The second kappa shape index (κ2) is 7.19. The minimum absolute atomic E-state index is 0.0941. The maximum Gasteiger partial charge on any atom is 0.265 e. The molecular formula is C19H21N5O2S. The molecular weight excluding hydrogens is 362 g/mol. The molecule has 1 fully saturated rings. The first-order valence-electron chi connectivity index (χ1n) is 8.96. The summed E-state index contributed by atoms with van der Waals surface area (Å²) < 4.78 is 5.25. The lowest BCUT2D eigenvalue weighted by Gasteiger charge is -2.16. The summed E-state index contributed by atoms with van der Waals surface area (Å²) >= 11 is 1.42. The van der Waals surface area contributed by atoms with Crippen LogP contribution < -0.4 is 0 Å². The number of likely N-dealkylation sites (tertiary alicyclic amines) is 1. The van der Waals surface area contributed by atoms with Gasteiger partial charge in [0.2, 0.25) is 0 Å². The van der Waals surface area contributed by atoms with Crippen molar-refractivity contribution >= 4 is 17.2 Å². The average Bonchev–Trinajstić information content (AvgIpc) is 3.36. The van der Waals surface area contributed by atoms with Crippen LogP contribution in [0.3, 0.4) is 0 Å². The first-order chi connectivity index (χ1) is 13.0. The van der Waals surface area contributed by atoms with Gasteiger partial charge in [0, 0.05) is 18.8 Å². The molecule has 1 saturated heterocycles. The highest BCUT2D eigenvalue weighted by Gasteiger charge is 2.29. The van der Waals surface area contributed by atoms with Crippen LogP contribution in [0.4, 0.5) is 0 Å². The Kier molecular flexibility index (Phi) is 4.73. The van der Waals surface area contributed by atoms with Gasteiger partial charge in [-0.2, -0.15) is 0 Å². The molecule has 0 spiro atoms. The standard InChI is InChI=1S/C19H21N5O2S/c1-11-17(13(3)26-23-11)16-7-15(20-9-21-16)6-14-4-5-24(8-14)19(25)18-12(2)22-10-27-18/h7,9-10,14H,4-6,8H2,1-3H3/t14-/m0/s1. The highest BCUT2D eigenvalue weighted by Crippen LogP contribution is 2.27. The molecule has 0 saturated carbocycles. The Balaban J connectivity index is 1.46. The Morgan fingerprint density at radius 1 is 1.26 bits per heavy atom. The number of carbonyl (C=O) groups is 1. The largest absolute Gasteiger partial charge is 0.361 e. The second-order valence-corrected chi connectivity index (χ2v) is 7.83. The normalized spacial score (nSPS) is 16.9. The molecule has 4 heterocycles. The van der Waals surface area contributed by atoms with E-state index >= 15 is 0 Å². The van der Waals surface area contributed by atoms with E-state index in [1.165, 1.54) is 11.3 Å². The van der Waals surface area contributed by atoms with Crippen LogP contribution in [0.25, 0.3) is 11.3 Å². The molecule has 1 atom stereocenters. The molecule has 1 amide bonds. The summed E-state index contributed by atoms with van der Waals surface area (Å²) in [6.45, 7) is 7.21. The molecule has 1 aliphatic heterocycles. The van der Waals surface area contributed by atoms with Crippen LogP contribution in [0.1, 0.15) is 38.9 Å². The van der Waals surface area contributed by atoms with Gasteiger partial charge >= 0.3 is 0 Å². The zero-order chi connectivity index (χ0) is 19.0. The number of hydrogen-bond donors (Lipinski definition) is 0. The summed E-state index contributed by atoms with van der Waals surface area (Å²) in [5.74, 6) is 1.25. The first-order valence-corrected chi connectivity index (χ1v) is 9.84. The van der Waals surface area contributed by atoms with Gasteiger partial charge < -0.3 is 9.42 Å². The van der Waals surface area contributed by atoms with Gasteiger partial charge in [0.1, 0.15) is 17.0 Å². The van der Waals surface area contributed by atoms with Crippen molar-refractivity contribution in [2.75, 3.05) is 13.1 Å². The number of amides is 1. The highest BCUT2D eigenvalue weighted by molar-refractivity contribution is 7.11. The predicted molar refractivity (Wildman–Crippen MR) is 102 cm³/mol. The van der Waals surface area contributed by atoms with Crippen LogP contribution in [0.5, 0.6) is 0 Å². The zero-order valence-corrected chi connectivity index (χ0v) is 16.4. The lowest BCUT2D eigenvalue weighted by molar-refractivity contribution is 0.0791. The van der Waals surface area contributed by atoms with Gasteiger partial charge in [0.15, 0.2) is 0 Å². The number of rotatable bonds is 4. The summed E-state index contributed by atoms with van der Waals surface area (Å²) in [7, 11) is 0. The maximum absolute atomic E-state index is 12.7. The van der Waals surface area contributed by atoms with Crippen LogP contribution in [0, 0.1) is 26.7 Å². The quantitative estimate of drug-likeness (QED) is 0.688. The molecule has 4 rings (SSSR count). The van der Waals surface area contributed by atoms with Crippen molar-refractivity contribution in [3.05, 3.63) is 45.6 Å². The maximum atomic E-state index is 12.7. The third-order valence-electron chi connectivity index (χ3n) is 5.02. The van der Waals surface area contributed by atoms with Crippen molar-refractivity contribution in [2.45, 2.75) is 33.6 Å². The van der Waals surface area contributed by atoms with Gasteiger partial charge in [-0.15, -0.1) is 11.3 Å². The van der Waals surface area contributed by atoms with Crippen LogP contribution in [-0.2, 0) is 6.42 Å². The molecule has 7 nitrogen and oxygen atoms in total. The molecule has 8 heteroatoms. The van der Waals surface area contributed by atoms with Crippen molar-refractivity contribution in [2.24, 2.45) is 5.92 Å². The van der Waals surface area contributed by atoms with Gasteiger partial charge in [-0.1, -0.05) is 5.16 Å². The molecule has 27 heavy (non-hydrogen) atoms. The van der Waals surface area contributed by atoms with Crippen LogP contribution >= 0.6 is 11.3 Å². The van der Waals surface area contributed by atoms with Crippen molar-refractivity contribution in [1.29, 1.82) is 0 Å². The molecule has 0 aliphatic carbocycles. The lowest BCUT2D eigenvalue weighted by atomic mass is 10.0. The minimum atomic E-state index is 0.0941. The molecule has 140 valence electrons. The van der Waals surface area contributed by atoms with Crippen molar-refractivity contribution in [1.82, 2.24) is 25.0 Å². The monoisotopic (exact) mass is 383 g/mol. The molecule has 3 aromatic rings. The molecule has 0 radical (unpaired) electrons. The van der Waals surface area contributed by atoms with Crippen molar-refractivity contribution < 1.29 is 9.32 Å². The van der Waals surface area contributed by atoms with Gasteiger partial charge in [0.05, 0.1) is 28.2 Å². The average molecular weight is 383 g/mol. The van der Waals surface area contributed by atoms with E-state index in [-0.39, 0.29) is 5.91 Å². The van der Waals surface area contributed by atoms with Crippen molar-refractivity contribution in [3.8, 4) is 11.3 Å². The van der Waals surface area contributed by atoms with Gasteiger partial charge in [-0.05, 0) is 45.6 Å². The summed E-state index contributed by atoms with van der Waals surface area (Å²) in [5.41, 5.74) is 6.12. The van der Waals surface area contributed by atoms with E-state index in [2.05, 4.69) is 20.1 Å². The number of hydrogen-bond acceptors (Lipinski definition) is 7. The Labute approximate surface area is 161 Å². The fraction of sp³-hybridized carbons (Fsp3) is 0.421. The number of carbonyl (C=O) groups excluding carboxylic acids is 1. The Hall–Kier alpha value is -2.61. The van der Waals surface area contributed by atoms with E-state index in [1.54, 1.807) is 11.8 Å². The van der Waals surface area contributed by atoms with Crippen molar-refractivity contribution in [3.63, 3.8) is 0 Å². The van der Waals surface area contributed by atoms with E-state index < -0.39 is 0 Å². The van der Waals surface area contributed by atoms with Gasteiger partial charge in [0.25, 0.3) is 5.91 Å². The fourth-order valence-electron chi connectivity index (χ4n) is 3.62. The first kappa shape index (κ1) is 17.8. The summed E-state index contributed by atoms with van der Waals surface area (Å²) in [4.78, 5) is 28.3. The molecule has 0 N–H and O–H groups in total. The van der Waals surface area contributed by atoms with E-state index in [9.17, 15) is 4.79 Å². The molecule has 0 aromatic carbocycles. The van der Waals surface area contributed by atoms with Gasteiger partial charge in [-0.3, -0.25) is 4.79 Å². The van der Waals surface area contributed by atoms with E-state index in [0.29, 0.717) is 5.92 Å². The molecule has 3 aromatic heterocycles. The fourth-order valence-corrected chi connectivity index (χ4v) is 4.39. The Morgan fingerprint density at radius 3 is 2.81 bits per heavy atom. The zero-order valence-electron chi connectivity index (χ0n) is 15.6. The van der Waals surface area contributed by atoms with E-state index in [4.69, 9.17) is 4.52 Å². The lowest BCUT2D eigenvalue weighted by Crippen LogP contribution is -2.28. The number of nitrogens with zero attached hydrogens (tertiary/aromatic N) is 5. The number of aromatic nitrogens is 4. The number of aryl methyl sites for hydroxylation is 3. The minimum Gasteiger partial charge on any atom is -0.361 e. The topological polar surface area (TPSA) is 85.0 Å². The Morgan fingerprint density at radius 2 is 2.11 bits per heavy atom. The summed E-state index contributed by atoms with van der Waals surface area (Å²) in [5, 5.41) is 4.00. The Bertz CT molecular complexity index is 961. The van der Waals surface area contributed by atoms with Crippen LogP contribution in [0.15, 0.2) is 22.4 Å². The predicted octanol–water partition coefficient (Wildman–Crippen LogP) is 3.22. The van der Waals surface area contributed by atoms with Gasteiger partial charge in [-0.25, -0.2) is 15.0 Å². The highest BCUT2D eigenvalue weighted by atomic mass is 32.1. The van der Waals surface area contributed by atoms with Crippen LogP contribution in [0.2, 0.25) is 0 Å². The smallest absolute Gasteiger partial charge is 0.265 e. The molecule has 0 unspecified atom stereocenters. The SMILES string of the molecule is Cc1ncsc1C(=O)N1CC[C@@H](Cc2cc(-c3c(C)noc3C)ncn2)C1. The van der Waals surface area contributed by atoms with E-state index in [0.717, 1.165) is 64.9 Å².